The van der Waals surface area contributed by atoms with E-state index >= 15 is 0 Å². The third-order valence-electron chi connectivity index (χ3n) is 3.69. The molecular formula is C15H22N2O2. The number of ether oxygens (including phenoxy) is 1. The predicted molar refractivity (Wildman–Crippen MR) is 74.9 cm³/mol. The molecule has 2 rings (SSSR count). The van der Waals surface area contributed by atoms with Crippen molar-refractivity contribution < 1.29 is 9.53 Å². The summed E-state index contributed by atoms with van der Waals surface area (Å²) in [6.07, 6.45) is 2.13. The first-order chi connectivity index (χ1) is 9.20. The first-order valence-electron chi connectivity index (χ1n) is 6.78. The molecule has 0 spiro atoms. The van der Waals surface area contributed by atoms with Crippen LogP contribution in [0.4, 0.5) is 0 Å². The lowest BCUT2D eigenvalue weighted by molar-refractivity contribution is -0.143. The topological polar surface area (TPSA) is 41.6 Å². The van der Waals surface area contributed by atoms with Crippen LogP contribution < -0.4 is 5.32 Å². The van der Waals surface area contributed by atoms with Gasteiger partial charge in [-0.1, -0.05) is 30.3 Å². The molecule has 1 unspecified atom stereocenters. The summed E-state index contributed by atoms with van der Waals surface area (Å²) in [6.45, 7) is 2.14. The number of piperidine rings is 1. The Hall–Kier alpha value is -1.39. The summed E-state index contributed by atoms with van der Waals surface area (Å²) in [7, 11) is 3.57. The maximum Gasteiger partial charge on any atom is 0.327 e. The molecule has 1 aromatic carbocycles. The third-order valence-corrected chi connectivity index (χ3v) is 3.69. The van der Waals surface area contributed by atoms with E-state index in [9.17, 15) is 4.79 Å². The number of rotatable bonds is 4. The summed E-state index contributed by atoms with van der Waals surface area (Å²) in [4.78, 5) is 14.3. The van der Waals surface area contributed by atoms with Gasteiger partial charge in [0.05, 0.1) is 7.11 Å². The number of methoxy groups -OCH3 is 1. The van der Waals surface area contributed by atoms with Crippen molar-refractivity contribution in [3.05, 3.63) is 35.9 Å². The summed E-state index contributed by atoms with van der Waals surface area (Å²) >= 11 is 0. The van der Waals surface area contributed by atoms with Crippen molar-refractivity contribution >= 4 is 5.97 Å². The van der Waals surface area contributed by atoms with Crippen molar-refractivity contribution in [1.82, 2.24) is 10.2 Å². The summed E-state index contributed by atoms with van der Waals surface area (Å²) in [5, 5.41) is 3.44. The average Bonchev–Trinajstić information content (AvgIpc) is 2.47. The molecule has 1 heterocycles. The smallest absolute Gasteiger partial charge is 0.327 e. The maximum atomic E-state index is 12.0. The van der Waals surface area contributed by atoms with Crippen LogP contribution in [0.5, 0.6) is 0 Å². The fourth-order valence-corrected chi connectivity index (χ4v) is 2.47. The van der Waals surface area contributed by atoms with Crippen LogP contribution in [0.15, 0.2) is 30.3 Å². The molecule has 0 radical (unpaired) electrons. The molecule has 0 amide bonds. The number of hydrogen-bond acceptors (Lipinski definition) is 4. The molecule has 1 saturated heterocycles. The molecule has 1 atom stereocenters. The molecule has 1 aliphatic rings. The SMILES string of the molecule is COC(=O)C(NC1CCN(C)CC1)c1ccccc1. The summed E-state index contributed by atoms with van der Waals surface area (Å²) in [6, 6.07) is 9.78. The molecule has 1 aliphatic heterocycles. The van der Waals surface area contributed by atoms with E-state index in [-0.39, 0.29) is 12.0 Å². The van der Waals surface area contributed by atoms with Crippen LogP contribution in [0.3, 0.4) is 0 Å². The van der Waals surface area contributed by atoms with Gasteiger partial charge in [-0.2, -0.15) is 0 Å². The molecule has 0 bridgehead atoms. The van der Waals surface area contributed by atoms with Gasteiger partial charge in [0.2, 0.25) is 0 Å². The Morgan fingerprint density at radius 2 is 1.95 bits per heavy atom. The zero-order valence-electron chi connectivity index (χ0n) is 11.6. The zero-order valence-corrected chi connectivity index (χ0v) is 11.6. The number of esters is 1. The van der Waals surface area contributed by atoms with E-state index in [1.54, 1.807) is 0 Å². The Bertz CT molecular complexity index is 400. The zero-order chi connectivity index (χ0) is 13.7. The predicted octanol–water partition coefficient (Wildman–Crippen LogP) is 1.58. The molecule has 4 nitrogen and oxygen atoms in total. The van der Waals surface area contributed by atoms with E-state index in [2.05, 4.69) is 17.3 Å². The summed E-state index contributed by atoms with van der Waals surface area (Å²) < 4.78 is 4.92. The highest BCUT2D eigenvalue weighted by molar-refractivity contribution is 5.77. The summed E-state index contributed by atoms with van der Waals surface area (Å²) in [5.41, 5.74) is 0.966. The van der Waals surface area contributed by atoms with Gasteiger partial charge in [0.25, 0.3) is 0 Å². The second-order valence-electron chi connectivity index (χ2n) is 5.11. The van der Waals surface area contributed by atoms with Crippen LogP contribution in [0, 0.1) is 0 Å². The van der Waals surface area contributed by atoms with Crippen molar-refractivity contribution in [2.24, 2.45) is 0 Å². The van der Waals surface area contributed by atoms with Gasteiger partial charge in [-0.25, -0.2) is 4.79 Å². The van der Waals surface area contributed by atoms with Crippen molar-refractivity contribution in [3.63, 3.8) is 0 Å². The molecule has 0 aliphatic carbocycles. The number of carbonyl (C=O) groups excluding carboxylic acids is 1. The molecule has 4 heteroatoms. The van der Waals surface area contributed by atoms with Gasteiger partial charge in [0.1, 0.15) is 6.04 Å². The van der Waals surface area contributed by atoms with Gasteiger partial charge in [0.15, 0.2) is 0 Å². The van der Waals surface area contributed by atoms with Crippen molar-refractivity contribution in [1.29, 1.82) is 0 Å². The minimum absolute atomic E-state index is 0.217. The fourth-order valence-electron chi connectivity index (χ4n) is 2.47. The van der Waals surface area contributed by atoms with E-state index < -0.39 is 0 Å². The lowest BCUT2D eigenvalue weighted by Crippen LogP contribution is -2.44. The highest BCUT2D eigenvalue weighted by Crippen LogP contribution is 2.18. The first kappa shape index (κ1) is 14.0. The molecule has 104 valence electrons. The Morgan fingerprint density at radius 3 is 2.53 bits per heavy atom. The number of carbonyl (C=O) groups is 1. The summed E-state index contributed by atoms with van der Waals surface area (Å²) in [5.74, 6) is -0.217. The largest absolute Gasteiger partial charge is 0.468 e. The number of likely N-dealkylation sites (tertiary alicyclic amines) is 1. The van der Waals surface area contributed by atoms with Crippen LogP contribution >= 0.6 is 0 Å². The quantitative estimate of drug-likeness (QED) is 0.837. The van der Waals surface area contributed by atoms with Crippen molar-refractivity contribution in [3.8, 4) is 0 Å². The van der Waals surface area contributed by atoms with Crippen LogP contribution in [0.25, 0.3) is 0 Å². The molecule has 0 saturated carbocycles. The number of hydrogen-bond donors (Lipinski definition) is 1. The van der Waals surface area contributed by atoms with Crippen LogP contribution in [-0.4, -0.2) is 44.2 Å². The number of nitrogens with one attached hydrogen (secondary N) is 1. The van der Waals surface area contributed by atoms with Gasteiger partial charge >= 0.3 is 5.97 Å². The maximum absolute atomic E-state index is 12.0. The first-order valence-corrected chi connectivity index (χ1v) is 6.78. The van der Waals surface area contributed by atoms with Crippen molar-refractivity contribution in [2.45, 2.75) is 24.9 Å². The monoisotopic (exact) mass is 262 g/mol. The Kier molecular flexibility index (Phi) is 4.93. The van der Waals surface area contributed by atoms with Gasteiger partial charge in [0, 0.05) is 6.04 Å². The molecule has 1 fully saturated rings. The Balaban J connectivity index is 2.05. The Labute approximate surface area is 114 Å². The van der Waals surface area contributed by atoms with Gasteiger partial charge in [-0.15, -0.1) is 0 Å². The molecule has 0 aromatic heterocycles. The van der Waals surface area contributed by atoms with E-state index in [4.69, 9.17) is 4.74 Å². The van der Waals surface area contributed by atoms with Gasteiger partial charge in [-0.05, 0) is 38.5 Å². The second-order valence-corrected chi connectivity index (χ2v) is 5.11. The third kappa shape index (κ3) is 3.78. The average molecular weight is 262 g/mol. The van der Waals surface area contributed by atoms with Gasteiger partial charge in [-0.3, -0.25) is 5.32 Å². The number of nitrogens with zero attached hydrogens (tertiary/aromatic N) is 1. The lowest BCUT2D eigenvalue weighted by Gasteiger charge is -2.32. The van der Waals surface area contributed by atoms with Crippen LogP contribution in [0.1, 0.15) is 24.4 Å². The van der Waals surface area contributed by atoms with Crippen molar-refractivity contribution in [2.75, 3.05) is 27.2 Å². The van der Waals surface area contributed by atoms with Gasteiger partial charge < -0.3 is 9.64 Å². The van der Waals surface area contributed by atoms with E-state index in [1.807, 2.05) is 30.3 Å². The highest BCUT2D eigenvalue weighted by atomic mass is 16.5. The minimum atomic E-state index is -0.361. The normalized spacial score (nSPS) is 19.1. The molecule has 1 N–H and O–H groups in total. The molecule has 19 heavy (non-hydrogen) atoms. The molecule has 1 aromatic rings. The number of benzene rings is 1. The molecular weight excluding hydrogens is 240 g/mol. The lowest BCUT2D eigenvalue weighted by atomic mass is 10.0. The van der Waals surface area contributed by atoms with E-state index in [0.717, 1.165) is 31.5 Å². The standard InChI is InChI=1S/C15H22N2O2/c1-17-10-8-13(9-11-17)16-14(15(18)19-2)12-6-4-3-5-7-12/h3-7,13-14,16H,8-11H2,1-2H3. The highest BCUT2D eigenvalue weighted by Gasteiger charge is 2.26. The van der Waals surface area contributed by atoms with E-state index in [0.29, 0.717) is 6.04 Å². The van der Waals surface area contributed by atoms with Crippen LogP contribution in [0.2, 0.25) is 0 Å². The Morgan fingerprint density at radius 1 is 1.32 bits per heavy atom. The fraction of sp³-hybridized carbons (Fsp3) is 0.533. The van der Waals surface area contributed by atoms with Crippen LogP contribution in [-0.2, 0) is 9.53 Å². The van der Waals surface area contributed by atoms with E-state index in [1.165, 1.54) is 7.11 Å². The second kappa shape index (κ2) is 6.68. The minimum Gasteiger partial charge on any atom is -0.468 e.